The minimum absolute atomic E-state index is 0.0103. The van der Waals surface area contributed by atoms with Crippen LogP contribution in [-0.4, -0.2) is 23.6 Å². The molecule has 4 nitrogen and oxygen atoms in total. The third-order valence-electron chi connectivity index (χ3n) is 4.51. The maximum absolute atomic E-state index is 12.4. The van der Waals surface area contributed by atoms with E-state index >= 15 is 0 Å². The molecular weight excluding hydrogens is 304 g/mol. The van der Waals surface area contributed by atoms with Gasteiger partial charge in [-0.05, 0) is 63.3 Å². The highest BCUT2D eigenvalue weighted by Gasteiger charge is 2.27. The van der Waals surface area contributed by atoms with Gasteiger partial charge < -0.3 is 4.74 Å². The van der Waals surface area contributed by atoms with Gasteiger partial charge in [0.2, 0.25) is 0 Å². The number of Topliss-reactive ketones (excluding diaryl/α,β-unsaturated/α-hetero) is 1. The fourth-order valence-corrected chi connectivity index (χ4v) is 3.02. The number of ether oxygens (including phenoxy) is 1. The van der Waals surface area contributed by atoms with Crippen molar-refractivity contribution in [3.8, 4) is 0 Å². The van der Waals surface area contributed by atoms with Gasteiger partial charge in [-0.15, -0.1) is 0 Å². The molecule has 2 rings (SSSR count). The molecule has 1 aliphatic heterocycles. The van der Waals surface area contributed by atoms with Crippen LogP contribution in [0.5, 0.6) is 0 Å². The summed E-state index contributed by atoms with van der Waals surface area (Å²) in [6.45, 7) is 9.35. The molecule has 2 atom stereocenters. The van der Waals surface area contributed by atoms with E-state index in [1.54, 1.807) is 6.92 Å². The van der Waals surface area contributed by atoms with Gasteiger partial charge in [-0.25, -0.2) is 4.79 Å². The van der Waals surface area contributed by atoms with Gasteiger partial charge in [0.15, 0.2) is 11.6 Å². The number of hydrogen-bond donors (Lipinski definition) is 0. The molecule has 4 heteroatoms. The van der Waals surface area contributed by atoms with Gasteiger partial charge in [0.05, 0.1) is 0 Å². The van der Waals surface area contributed by atoms with Crippen LogP contribution in [0.1, 0.15) is 46.5 Å². The van der Waals surface area contributed by atoms with Crippen LogP contribution in [0.2, 0.25) is 0 Å². The first-order valence-electron chi connectivity index (χ1n) is 8.26. The van der Waals surface area contributed by atoms with Gasteiger partial charge >= 0.3 is 5.97 Å². The van der Waals surface area contributed by atoms with E-state index in [1.807, 2.05) is 19.9 Å². The van der Waals surface area contributed by atoms with Crippen LogP contribution in [0.4, 0.5) is 0 Å². The molecule has 1 aliphatic carbocycles. The monoisotopic (exact) mass is 328 g/mol. The quantitative estimate of drug-likeness (QED) is 0.545. The van der Waals surface area contributed by atoms with E-state index in [0.717, 1.165) is 11.1 Å². The predicted octanol–water partition coefficient (Wildman–Crippen LogP) is 3.64. The fraction of sp³-hybridized carbons (Fsp3) is 0.450. The minimum Gasteiger partial charge on any atom is -0.454 e. The molecule has 0 N–H and O–H groups in total. The van der Waals surface area contributed by atoms with E-state index in [9.17, 15) is 14.4 Å². The topological polar surface area (TPSA) is 60.4 Å². The van der Waals surface area contributed by atoms with E-state index in [0.29, 0.717) is 36.8 Å². The summed E-state index contributed by atoms with van der Waals surface area (Å²) in [5.41, 5.74) is 2.85. The normalized spacial score (nSPS) is 30.5. The molecule has 1 heterocycles. The zero-order valence-corrected chi connectivity index (χ0v) is 14.6. The summed E-state index contributed by atoms with van der Waals surface area (Å²) in [7, 11) is 0. The highest BCUT2D eigenvalue weighted by molar-refractivity contribution is 6.07. The molecule has 2 aliphatic rings. The Morgan fingerprint density at radius 2 is 1.88 bits per heavy atom. The molecule has 0 saturated carbocycles. The molecule has 128 valence electrons. The Morgan fingerprint density at radius 1 is 1.17 bits per heavy atom. The average Bonchev–Trinajstić information content (AvgIpc) is 2.81. The molecule has 0 amide bonds. The van der Waals surface area contributed by atoms with Gasteiger partial charge in [0.1, 0.15) is 6.10 Å². The Morgan fingerprint density at radius 3 is 2.54 bits per heavy atom. The molecule has 0 fully saturated rings. The van der Waals surface area contributed by atoms with Crippen molar-refractivity contribution in [1.82, 2.24) is 0 Å². The lowest BCUT2D eigenvalue weighted by Gasteiger charge is -2.16. The van der Waals surface area contributed by atoms with Crippen LogP contribution in [0.3, 0.4) is 0 Å². The second-order valence-corrected chi connectivity index (χ2v) is 6.77. The maximum Gasteiger partial charge on any atom is 0.334 e. The highest BCUT2D eigenvalue weighted by atomic mass is 16.5. The van der Waals surface area contributed by atoms with Gasteiger partial charge in [0.25, 0.3) is 0 Å². The van der Waals surface area contributed by atoms with Crippen molar-refractivity contribution in [3.63, 3.8) is 0 Å². The lowest BCUT2D eigenvalue weighted by atomic mass is 9.87. The van der Waals surface area contributed by atoms with E-state index in [2.05, 4.69) is 6.58 Å². The molecule has 1 unspecified atom stereocenters. The van der Waals surface area contributed by atoms with Gasteiger partial charge in [-0.2, -0.15) is 0 Å². The number of ketones is 2. The second-order valence-electron chi connectivity index (χ2n) is 6.77. The number of carbonyl (C=O) groups is 3. The number of fused-ring (bicyclic) bond motifs is 1. The summed E-state index contributed by atoms with van der Waals surface area (Å²) >= 11 is 0. The first-order chi connectivity index (χ1) is 11.3. The standard InChI is InChI=1S/C20H24O4/c1-12(2)15-5-6-16-10-18(24-20(16)23)8-13(3)7-17(21)9-14(4)19(22)11-15/h7,9-10,15,18H,1,5-6,8,11H2,2-4H3/b13-7+,14-9-/t15?,18-/m0/s1. The predicted molar refractivity (Wildman–Crippen MR) is 92.3 cm³/mol. The Balaban J connectivity index is 2.32. The zero-order valence-electron chi connectivity index (χ0n) is 14.6. The van der Waals surface area contributed by atoms with Crippen molar-refractivity contribution in [2.75, 3.05) is 0 Å². The maximum atomic E-state index is 12.4. The highest BCUT2D eigenvalue weighted by Crippen LogP contribution is 2.28. The van der Waals surface area contributed by atoms with E-state index in [1.165, 1.54) is 12.2 Å². The Kier molecular flexibility index (Phi) is 5.71. The molecule has 2 bridgehead atoms. The third-order valence-corrected chi connectivity index (χ3v) is 4.51. The van der Waals surface area contributed by atoms with Crippen LogP contribution in [-0.2, 0) is 19.1 Å². The number of allylic oxidation sites excluding steroid dienone is 4. The van der Waals surface area contributed by atoms with E-state index < -0.39 is 0 Å². The van der Waals surface area contributed by atoms with Crippen LogP contribution in [0.15, 0.2) is 47.1 Å². The molecule has 0 saturated heterocycles. The van der Waals surface area contributed by atoms with Crippen molar-refractivity contribution >= 4 is 17.5 Å². The fourth-order valence-electron chi connectivity index (χ4n) is 3.02. The SMILES string of the molecule is C=C(C)C1CCC2=C[C@H](C/C(C)=C/C(=O)/C=C(/C)C(=O)C1)OC2=O. The van der Waals surface area contributed by atoms with Crippen LogP contribution in [0, 0.1) is 5.92 Å². The molecule has 0 spiro atoms. The summed E-state index contributed by atoms with van der Waals surface area (Å²) in [6, 6.07) is 0. The minimum atomic E-state index is -0.311. The lowest BCUT2D eigenvalue weighted by Crippen LogP contribution is -2.12. The average molecular weight is 328 g/mol. The van der Waals surface area contributed by atoms with Gasteiger partial charge in [0, 0.05) is 18.4 Å². The van der Waals surface area contributed by atoms with Crippen LogP contribution >= 0.6 is 0 Å². The lowest BCUT2D eigenvalue weighted by molar-refractivity contribution is -0.139. The summed E-state index contributed by atoms with van der Waals surface area (Å²) in [5, 5.41) is 0. The van der Waals surface area contributed by atoms with Crippen molar-refractivity contribution in [2.24, 2.45) is 5.92 Å². The Bertz CT molecular complexity index is 676. The largest absolute Gasteiger partial charge is 0.454 e. The van der Waals surface area contributed by atoms with Crippen LogP contribution < -0.4 is 0 Å². The molecular formula is C20H24O4. The summed E-state index contributed by atoms with van der Waals surface area (Å²) < 4.78 is 5.36. The third kappa shape index (κ3) is 4.63. The number of rotatable bonds is 1. The molecule has 0 radical (unpaired) electrons. The van der Waals surface area contributed by atoms with Crippen molar-refractivity contribution in [3.05, 3.63) is 47.1 Å². The molecule has 0 aromatic heterocycles. The van der Waals surface area contributed by atoms with Crippen molar-refractivity contribution in [1.29, 1.82) is 0 Å². The second kappa shape index (κ2) is 7.56. The zero-order chi connectivity index (χ0) is 17.9. The molecule has 24 heavy (non-hydrogen) atoms. The molecule has 0 aromatic rings. The van der Waals surface area contributed by atoms with Gasteiger partial charge in [-0.3, -0.25) is 9.59 Å². The summed E-state index contributed by atoms with van der Waals surface area (Å²) in [4.78, 5) is 36.4. The summed E-state index contributed by atoms with van der Waals surface area (Å²) in [6.07, 6.45) is 6.46. The summed E-state index contributed by atoms with van der Waals surface area (Å²) in [5.74, 6) is -0.574. The Hall–Kier alpha value is -2.23. The van der Waals surface area contributed by atoms with E-state index in [4.69, 9.17) is 4.74 Å². The number of esters is 1. The van der Waals surface area contributed by atoms with E-state index in [-0.39, 0.29) is 29.6 Å². The van der Waals surface area contributed by atoms with Crippen molar-refractivity contribution < 1.29 is 19.1 Å². The van der Waals surface area contributed by atoms with Gasteiger partial charge in [-0.1, -0.05) is 17.7 Å². The first kappa shape index (κ1) is 18.1. The smallest absolute Gasteiger partial charge is 0.334 e. The number of carbonyl (C=O) groups excluding carboxylic acids is 3. The Labute approximate surface area is 143 Å². The van der Waals surface area contributed by atoms with Crippen LogP contribution in [0.25, 0.3) is 0 Å². The molecule has 0 aromatic carbocycles. The van der Waals surface area contributed by atoms with Crippen molar-refractivity contribution in [2.45, 2.75) is 52.6 Å². The number of hydrogen-bond acceptors (Lipinski definition) is 4. The first-order valence-corrected chi connectivity index (χ1v) is 8.26.